The minimum absolute atomic E-state index is 0.103. The molecule has 1 saturated carbocycles. The maximum atomic E-state index is 9.83. The zero-order chi connectivity index (χ0) is 20.3. The zero-order valence-electron chi connectivity index (χ0n) is 16.3. The SMILES string of the molecule is CCc1nccn1C(CO)c1cc(C#Cc2ccc(OCC3(N)CC3)cc2)on1. The number of rotatable bonds is 7. The standard InChI is InChI=1S/C22H24N4O3/c1-2-21-24-11-12-26(21)20(14-27)19-13-18(29-25-19)8-5-16-3-6-17(7-4-16)28-15-22(23)9-10-22/h3-4,6-7,11-13,20,27H,2,9-10,14-15,23H2,1H3. The van der Waals surface area contributed by atoms with Gasteiger partial charge in [-0.1, -0.05) is 18.0 Å². The second kappa shape index (κ2) is 8.11. The van der Waals surface area contributed by atoms with Crippen LogP contribution in [-0.4, -0.2) is 38.6 Å². The highest BCUT2D eigenvalue weighted by Crippen LogP contribution is 2.32. The first-order chi connectivity index (χ1) is 14.1. The first kappa shape index (κ1) is 19.2. The normalized spacial score (nSPS) is 15.4. The van der Waals surface area contributed by atoms with Gasteiger partial charge in [-0.25, -0.2) is 4.98 Å². The summed E-state index contributed by atoms with van der Waals surface area (Å²) >= 11 is 0. The summed E-state index contributed by atoms with van der Waals surface area (Å²) in [7, 11) is 0. The number of nitrogens with zero attached hydrogens (tertiary/aromatic N) is 3. The lowest BCUT2D eigenvalue weighted by Crippen LogP contribution is -2.29. The molecular weight excluding hydrogens is 368 g/mol. The van der Waals surface area contributed by atoms with E-state index in [1.54, 1.807) is 12.3 Å². The van der Waals surface area contributed by atoms with Crippen LogP contribution in [0.2, 0.25) is 0 Å². The summed E-state index contributed by atoms with van der Waals surface area (Å²) in [6.07, 6.45) is 6.35. The van der Waals surface area contributed by atoms with Crippen LogP contribution in [0.5, 0.6) is 5.75 Å². The molecule has 2 aromatic heterocycles. The molecule has 4 rings (SSSR count). The number of aliphatic hydroxyl groups is 1. The van der Waals surface area contributed by atoms with Crippen molar-refractivity contribution < 1.29 is 14.4 Å². The molecule has 1 unspecified atom stereocenters. The number of imidazole rings is 1. The summed E-state index contributed by atoms with van der Waals surface area (Å²) in [6.45, 7) is 2.46. The number of hydrogen-bond donors (Lipinski definition) is 2. The second-order valence-electron chi connectivity index (χ2n) is 7.34. The summed E-state index contributed by atoms with van der Waals surface area (Å²) in [5.74, 6) is 8.13. The van der Waals surface area contributed by atoms with E-state index < -0.39 is 0 Å². The molecule has 1 atom stereocenters. The Labute approximate surface area is 169 Å². The molecule has 0 spiro atoms. The molecular formula is C22H24N4O3. The van der Waals surface area contributed by atoms with Crippen LogP contribution in [-0.2, 0) is 6.42 Å². The average molecular weight is 392 g/mol. The molecule has 0 radical (unpaired) electrons. The molecule has 2 heterocycles. The number of aromatic nitrogens is 3. The Hall–Kier alpha value is -3.08. The van der Waals surface area contributed by atoms with E-state index in [4.69, 9.17) is 15.0 Å². The second-order valence-corrected chi connectivity index (χ2v) is 7.34. The van der Waals surface area contributed by atoms with Gasteiger partial charge in [0.05, 0.1) is 12.1 Å². The molecule has 1 fully saturated rings. The van der Waals surface area contributed by atoms with E-state index >= 15 is 0 Å². The maximum Gasteiger partial charge on any atom is 0.210 e. The fraction of sp³-hybridized carbons (Fsp3) is 0.364. The van der Waals surface area contributed by atoms with Gasteiger partial charge in [0.2, 0.25) is 5.76 Å². The smallest absolute Gasteiger partial charge is 0.210 e. The van der Waals surface area contributed by atoms with Crippen molar-refractivity contribution in [2.45, 2.75) is 37.8 Å². The Kier molecular flexibility index (Phi) is 5.38. The Bertz CT molecular complexity index is 1020. The third-order valence-electron chi connectivity index (χ3n) is 5.05. The average Bonchev–Trinajstić information content (AvgIpc) is 3.12. The van der Waals surface area contributed by atoms with Crippen molar-refractivity contribution >= 4 is 0 Å². The molecule has 0 amide bonds. The van der Waals surface area contributed by atoms with Gasteiger partial charge in [-0.05, 0) is 43.0 Å². The predicted molar refractivity (Wildman–Crippen MR) is 107 cm³/mol. The summed E-state index contributed by atoms with van der Waals surface area (Å²) in [5.41, 5.74) is 7.35. The van der Waals surface area contributed by atoms with E-state index in [0.29, 0.717) is 18.1 Å². The van der Waals surface area contributed by atoms with Crippen LogP contribution < -0.4 is 10.5 Å². The molecule has 1 aliphatic rings. The van der Waals surface area contributed by atoms with Crippen LogP contribution in [0.4, 0.5) is 0 Å². The fourth-order valence-electron chi connectivity index (χ4n) is 3.03. The van der Waals surface area contributed by atoms with Gasteiger partial charge < -0.3 is 24.7 Å². The van der Waals surface area contributed by atoms with E-state index in [2.05, 4.69) is 22.0 Å². The molecule has 0 aliphatic heterocycles. The highest BCUT2D eigenvalue weighted by atomic mass is 16.5. The van der Waals surface area contributed by atoms with Gasteiger partial charge in [0.15, 0.2) is 0 Å². The molecule has 0 saturated heterocycles. The Morgan fingerprint density at radius 3 is 2.79 bits per heavy atom. The van der Waals surface area contributed by atoms with Crippen molar-refractivity contribution in [3.63, 3.8) is 0 Å². The molecule has 7 heteroatoms. The first-order valence-electron chi connectivity index (χ1n) is 9.73. The minimum atomic E-state index is -0.347. The fourth-order valence-corrected chi connectivity index (χ4v) is 3.03. The van der Waals surface area contributed by atoms with Crippen molar-refractivity contribution in [2.24, 2.45) is 5.73 Å². The molecule has 1 aromatic carbocycles. The van der Waals surface area contributed by atoms with Gasteiger partial charge in [-0.2, -0.15) is 0 Å². The Morgan fingerprint density at radius 1 is 1.31 bits per heavy atom. The van der Waals surface area contributed by atoms with Crippen LogP contribution >= 0.6 is 0 Å². The number of ether oxygens (including phenoxy) is 1. The highest BCUT2D eigenvalue weighted by molar-refractivity contribution is 5.42. The molecule has 7 nitrogen and oxygen atoms in total. The number of hydrogen-bond acceptors (Lipinski definition) is 6. The number of aliphatic hydroxyl groups excluding tert-OH is 1. The quantitative estimate of drug-likeness (QED) is 0.599. The van der Waals surface area contributed by atoms with Gasteiger partial charge >= 0.3 is 0 Å². The Morgan fingerprint density at radius 2 is 2.10 bits per heavy atom. The van der Waals surface area contributed by atoms with Crippen LogP contribution in [0.1, 0.15) is 48.6 Å². The van der Waals surface area contributed by atoms with E-state index in [1.807, 2.05) is 42.0 Å². The Balaban J connectivity index is 1.43. The predicted octanol–water partition coefficient (Wildman–Crippen LogP) is 2.29. The molecule has 150 valence electrons. The third-order valence-corrected chi connectivity index (χ3v) is 5.05. The van der Waals surface area contributed by atoms with Crippen molar-refractivity contribution in [2.75, 3.05) is 13.2 Å². The van der Waals surface area contributed by atoms with Crippen LogP contribution in [0, 0.1) is 11.8 Å². The van der Waals surface area contributed by atoms with E-state index in [-0.39, 0.29) is 18.2 Å². The third kappa shape index (κ3) is 4.50. The van der Waals surface area contributed by atoms with Gasteiger partial charge in [0.25, 0.3) is 0 Å². The highest BCUT2D eigenvalue weighted by Gasteiger charge is 2.39. The number of benzene rings is 1. The van der Waals surface area contributed by atoms with Gasteiger partial charge in [0, 0.05) is 30.4 Å². The molecule has 3 aromatic rings. The lowest BCUT2D eigenvalue weighted by Gasteiger charge is -2.15. The van der Waals surface area contributed by atoms with Crippen molar-refractivity contribution in [1.82, 2.24) is 14.7 Å². The molecule has 29 heavy (non-hydrogen) atoms. The van der Waals surface area contributed by atoms with Crippen molar-refractivity contribution in [3.8, 4) is 17.6 Å². The van der Waals surface area contributed by atoms with E-state index in [9.17, 15) is 5.11 Å². The summed E-state index contributed by atoms with van der Waals surface area (Å²) in [4.78, 5) is 4.30. The number of aryl methyl sites for hydroxylation is 1. The van der Waals surface area contributed by atoms with Crippen LogP contribution in [0.3, 0.4) is 0 Å². The lowest BCUT2D eigenvalue weighted by molar-refractivity contribution is 0.240. The van der Waals surface area contributed by atoms with Gasteiger partial charge in [0.1, 0.15) is 29.9 Å². The lowest BCUT2D eigenvalue weighted by atomic mass is 10.2. The summed E-state index contributed by atoms with van der Waals surface area (Å²) < 4.78 is 13.0. The van der Waals surface area contributed by atoms with E-state index in [0.717, 1.165) is 36.4 Å². The largest absolute Gasteiger partial charge is 0.492 e. The van der Waals surface area contributed by atoms with Gasteiger partial charge in [-0.3, -0.25) is 0 Å². The summed E-state index contributed by atoms with van der Waals surface area (Å²) in [5, 5.41) is 13.9. The topological polar surface area (TPSA) is 99.3 Å². The van der Waals surface area contributed by atoms with Crippen LogP contribution in [0.15, 0.2) is 47.2 Å². The van der Waals surface area contributed by atoms with Gasteiger partial charge in [-0.15, -0.1) is 0 Å². The maximum absolute atomic E-state index is 9.83. The molecule has 0 bridgehead atoms. The minimum Gasteiger partial charge on any atom is -0.492 e. The summed E-state index contributed by atoms with van der Waals surface area (Å²) in [6, 6.07) is 8.96. The van der Waals surface area contributed by atoms with Crippen molar-refractivity contribution in [1.29, 1.82) is 0 Å². The van der Waals surface area contributed by atoms with Crippen LogP contribution in [0.25, 0.3) is 0 Å². The number of nitrogens with two attached hydrogens (primary N) is 1. The zero-order valence-corrected chi connectivity index (χ0v) is 16.3. The first-order valence-corrected chi connectivity index (χ1v) is 9.73. The molecule has 1 aliphatic carbocycles. The van der Waals surface area contributed by atoms with E-state index in [1.165, 1.54) is 0 Å². The monoisotopic (exact) mass is 392 g/mol. The molecule has 3 N–H and O–H groups in total. The van der Waals surface area contributed by atoms with Crippen molar-refractivity contribution in [3.05, 3.63) is 65.6 Å².